The summed E-state index contributed by atoms with van der Waals surface area (Å²) in [5.74, 6) is 0.178. The van der Waals surface area contributed by atoms with Gasteiger partial charge in [0, 0.05) is 12.4 Å². The van der Waals surface area contributed by atoms with Crippen molar-refractivity contribution in [3.05, 3.63) is 66.5 Å². The maximum atomic E-state index is 13.6. The van der Waals surface area contributed by atoms with Gasteiger partial charge in [0.25, 0.3) is 0 Å². The van der Waals surface area contributed by atoms with Crippen LogP contribution in [0.5, 0.6) is 0 Å². The van der Waals surface area contributed by atoms with Crippen LogP contribution in [-0.4, -0.2) is 28.2 Å². The summed E-state index contributed by atoms with van der Waals surface area (Å²) in [6, 6.07) is 10.3. The number of sulfone groups is 1. The van der Waals surface area contributed by atoms with Crippen molar-refractivity contribution in [2.24, 2.45) is 0 Å². The van der Waals surface area contributed by atoms with E-state index in [-0.39, 0.29) is 21.9 Å². The molecule has 0 aliphatic rings. The topological polar surface area (TPSA) is 80.6 Å². The highest BCUT2D eigenvalue weighted by molar-refractivity contribution is 7.91. The highest BCUT2D eigenvalue weighted by Crippen LogP contribution is 2.38. The third-order valence-electron chi connectivity index (χ3n) is 3.94. The van der Waals surface area contributed by atoms with Crippen molar-refractivity contribution in [1.29, 1.82) is 0 Å². The number of nitrogens with zero attached hydrogens (tertiary/aromatic N) is 3. The van der Waals surface area contributed by atoms with Crippen LogP contribution in [0, 0.1) is 0 Å². The molecule has 0 spiro atoms. The van der Waals surface area contributed by atoms with Crippen LogP contribution in [0.15, 0.2) is 70.7 Å². The molecule has 0 unspecified atom stereocenters. The Morgan fingerprint density at radius 1 is 1.04 bits per heavy atom. The van der Waals surface area contributed by atoms with Gasteiger partial charge in [-0.1, -0.05) is 18.2 Å². The Balaban J connectivity index is 1.98. The molecule has 2 aromatic heterocycles. The van der Waals surface area contributed by atoms with Gasteiger partial charge in [0.05, 0.1) is 26.4 Å². The molecule has 138 valence electrons. The van der Waals surface area contributed by atoms with Gasteiger partial charge in [-0.3, -0.25) is 0 Å². The molecule has 1 N–H and O–H groups in total. The molecule has 0 radical (unpaired) electrons. The number of alkyl halides is 3. The van der Waals surface area contributed by atoms with E-state index < -0.39 is 26.5 Å². The summed E-state index contributed by atoms with van der Waals surface area (Å²) in [4.78, 5) is 5.82. The minimum absolute atomic E-state index is 0.0554. The van der Waals surface area contributed by atoms with E-state index in [1.807, 2.05) is 0 Å². The zero-order valence-corrected chi connectivity index (χ0v) is 14.3. The normalized spacial score (nSPS) is 12.6. The third-order valence-corrected chi connectivity index (χ3v) is 5.75. The lowest BCUT2D eigenvalue weighted by Crippen LogP contribution is -2.13. The summed E-state index contributed by atoms with van der Waals surface area (Å²) < 4.78 is 67.7. The lowest BCUT2D eigenvalue weighted by Gasteiger charge is -2.13. The first-order valence-electron chi connectivity index (χ1n) is 7.68. The van der Waals surface area contributed by atoms with Gasteiger partial charge in [0.15, 0.2) is 0 Å². The van der Waals surface area contributed by atoms with E-state index in [4.69, 9.17) is 0 Å². The van der Waals surface area contributed by atoms with Gasteiger partial charge in [0.1, 0.15) is 0 Å². The molecule has 2 heterocycles. The average Bonchev–Trinajstić information content (AvgIpc) is 3.29. The molecule has 0 aliphatic carbocycles. The predicted molar refractivity (Wildman–Crippen MR) is 90.1 cm³/mol. The SMILES string of the molecule is O=S(=O)(c1ccccc1)c1cc2nc(-n3cccn3)[nH]c2cc1C(F)(F)F. The summed E-state index contributed by atoms with van der Waals surface area (Å²) in [5.41, 5.74) is -1.11. The van der Waals surface area contributed by atoms with E-state index in [1.54, 1.807) is 18.3 Å². The van der Waals surface area contributed by atoms with Crippen LogP contribution in [0.1, 0.15) is 5.56 Å². The molecule has 6 nitrogen and oxygen atoms in total. The fraction of sp³-hybridized carbons (Fsp3) is 0.0588. The predicted octanol–water partition coefficient (Wildman–Crippen LogP) is 3.60. The molecular formula is C17H11F3N4O2S. The average molecular weight is 392 g/mol. The van der Waals surface area contributed by atoms with Crippen molar-refractivity contribution in [3.63, 3.8) is 0 Å². The van der Waals surface area contributed by atoms with E-state index in [2.05, 4.69) is 15.1 Å². The Bertz CT molecular complexity index is 1210. The number of benzene rings is 2. The van der Waals surface area contributed by atoms with Crippen molar-refractivity contribution < 1.29 is 21.6 Å². The second-order valence-electron chi connectivity index (χ2n) is 5.69. The van der Waals surface area contributed by atoms with E-state index in [0.29, 0.717) is 0 Å². The molecule has 2 aromatic carbocycles. The highest BCUT2D eigenvalue weighted by atomic mass is 32.2. The minimum atomic E-state index is -4.86. The number of nitrogens with one attached hydrogen (secondary N) is 1. The summed E-state index contributed by atoms with van der Waals surface area (Å²) in [7, 11) is -4.39. The molecule has 0 saturated carbocycles. The largest absolute Gasteiger partial charge is 0.417 e. The van der Waals surface area contributed by atoms with Gasteiger partial charge in [0.2, 0.25) is 15.8 Å². The molecule has 0 atom stereocenters. The van der Waals surface area contributed by atoms with Crippen molar-refractivity contribution >= 4 is 20.9 Å². The van der Waals surface area contributed by atoms with Crippen molar-refractivity contribution in [1.82, 2.24) is 19.7 Å². The van der Waals surface area contributed by atoms with Crippen LogP contribution in [0.4, 0.5) is 13.2 Å². The first-order chi connectivity index (χ1) is 12.8. The number of fused-ring (bicyclic) bond motifs is 1. The Hall–Kier alpha value is -3.14. The standard InChI is InChI=1S/C17H11F3N4O2S/c18-17(19,20)12-9-13-14(23-16(22-13)24-8-4-7-21-24)10-15(12)27(25,26)11-5-2-1-3-6-11/h1-10H,(H,22,23). The Kier molecular flexibility index (Phi) is 3.81. The Morgan fingerprint density at radius 2 is 1.78 bits per heavy atom. The van der Waals surface area contributed by atoms with Gasteiger partial charge in [-0.15, -0.1) is 0 Å². The quantitative estimate of drug-likeness (QED) is 0.578. The number of rotatable bonds is 3. The molecular weight excluding hydrogens is 381 g/mol. The van der Waals surface area contributed by atoms with Crippen molar-refractivity contribution in [2.75, 3.05) is 0 Å². The molecule has 0 bridgehead atoms. The molecule has 4 rings (SSSR count). The fourth-order valence-electron chi connectivity index (χ4n) is 2.70. The van der Waals surface area contributed by atoms with Gasteiger partial charge in [-0.05, 0) is 30.3 Å². The number of aromatic amines is 1. The van der Waals surface area contributed by atoms with Crippen molar-refractivity contribution in [2.45, 2.75) is 16.0 Å². The molecule has 27 heavy (non-hydrogen) atoms. The third kappa shape index (κ3) is 2.97. The van der Waals surface area contributed by atoms with Gasteiger partial charge >= 0.3 is 6.18 Å². The maximum Gasteiger partial charge on any atom is 0.417 e. The van der Waals surface area contributed by atoms with Gasteiger partial charge in [-0.2, -0.15) is 18.3 Å². The number of H-pyrrole nitrogens is 1. The van der Waals surface area contributed by atoms with Gasteiger partial charge in [-0.25, -0.2) is 18.1 Å². The lowest BCUT2D eigenvalue weighted by molar-refractivity contribution is -0.139. The van der Waals surface area contributed by atoms with Crippen LogP contribution in [0.3, 0.4) is 0 Å². The van der Waals surface area contributed by atoms with Crippen molar-refractivity contribution in [3.8, 4) is 5.95 Å². The number of hydrogen-bond donors (Lipinski definition) is 1. The molecule has 0 amide bonds. The fourth-order valence-corrected chi connectivity index (χ4v) is 4.20. The highest BCUT2D eigenvalue weighted by Gasteiger charge is 2.38. The van der Waals surface area contributed by atoms with Crippen LogP contribution < -0.4 is 0 Å². The minimum Gasteiger partial charge on any atom is -0.322 e. The number of aromatic nitrogens is 4. The molecule has 0 saturated heterocycles. The Morgan fingerprint density at radius 3 is 2.41 bits per heavy atom. The molecule has 0 aliphatic heterocycles. The Labute approximate surface area is 151 Å². The summed E-state index contributed by atoms with van der Waals surface area (Å²) in [6.45, 7) is 0. The number of hydrogen-bond acceptors (Lipinski definition) is 4. The zero-order valence-electron chi connectivity index (χ0n) is 13.5. The van der Waals surface area contributed by atoms with Crippen LogP contribution in [0.25, 0.3) is 17.0 Å². The second-order valence-corrected chi connectivity index (χ2v) is 7.61. The first-order valence-corrected chi connectivity index (χ1v) is 9.16. The van der Waals surface area contributed by atoms with E-state index >= 15 is 0 Å². The monoisotopic (exact) mass is 392 g/mol. The molecule has 4 aromatic rings. The van der Waals surface area contributed by atoms with Crippen LogP contribution in [-0.2, 0) is 16.0 Å². The summed E-state index contributed by atoms with van der Waals surface area (Å²) in [5, 5.41) is 3.95. The molecule has 0 fully saturated rings. The number of imidazole rings is 1. The second kappa shape index (κ2) is 5.95. The number of halogens is 3. The summed E-state index contributed by atoms with van der Waals surface area (Å²) >= 11 is 0. The van der Waals surface area contributed by atoms with E-state index in [9.17, 15) is 21.6 Å². The lowest BCUT2D eigenvalue weighted by atomic mass is 10.2. The van der Waals surface area contributed by atoms with E-state index in [0.717, 1.165) is 12.1 Å². The van der Waals surface area contributed by atoms with Crippen LogP contribution >= 0.6 is 0 Å². The smallest absolute Gasteiger partial charge is 0.322 e. The van der Waals surface area contributed by atoms with E-state index in [1.165, 1.54) is 35.1 Å². The summed E-state index contributed by atoms with van der Waals surface area (Å²) in [6.07, 6.45) is -1.81. The molecule has 10 heteroatoms. The maximum absolute atomic E-state index is 13.6. The van der Waals surface area contributed by atoms with Crippen LogP contribution in [0.2, 0.25) is 0 Å². The van der Waals surface area contributed by atoms with Gasteiger partial charge < -0.3 is 4.98 Å². The first kappa shape index (κ1) is 17.3. The zero-order chi connectivity index (χ0) is 19.2.